The molecule has 0 amide bonds. The lowest BCUT2D eigenvalue weighted by Crippen LogP contribution is -2.41. The van der Waals surface area contributed by atoms with E-state index in [2.05, 4.69) is 41.2 Å². The van der Waals surface area contributed by atoms with E-state index in [-0.39, 0.29) is 30.0 Å². The summed E-state index contributed by atoms with van der Waals surface area (Å²) in [6, 6.07) is 14.0. The topological polar surface area (TPSA) is 81.3 Å². The summed E-state index contributed by atoms with van der Waals surface area (Å²) in [4.78, 5) is 6.86. The number of hydrogen-bond donors (Lipinski definition) is 2. The molecule has 0 aromatic heterocycles. The Kier molecular flexibility index (Phi) is 12.1. The van der Waals surface area contributed by atoms with Crippen LogP contribution in [-0.2, 0) is 6.54 Å². The molecule has 0 aliphatic carbocycles. The second-order valence-corrected chi connectivity index (χ2v) is 6.79. The lowest BCUT2D eigenvalue weighted by molar-refractivity contribution is 0.218. The lowest BCUT2D eigenvalue weighted by Gasteiger charge is -2.30. The van der Waals surface area contributed by atoms with Crippen molar-refractivity contribution in [2.45, 2.75) is 26.4 Å². The summed E-state index contributed by atoms with van der Waals surface area (Å²) >= 11 is 0. The van der Waals surface area contributed by atoms with Crippen molar-refractivity contribution < 1.29 is 14.2 Å². The van der Waals surface area contributed by atoms with Crippen molar-refractivity contribution in [2.24, 2.45) is 10.7 Å². The number of methoxy groups -OCH3 is 3. The van der Waals surface area contributed by atoms with E-state index >= 15 is 0 Å². The van der Waals surface area contributed by atoms with Crippen molar-refractivity contribution >= 4 is 29.9 Å². The van der Waals surface area contributed by atoms with Crippen LogP contribution in [0.1, 0.15) is 31.0 Å². The van der Waals surface area contributed by atoms with Gasteiger partial charge in [0.1, 0.15) is 5.75 Å². The first kappa shape index (κ1) is 26.8. The van der Waals surface area contributed by atoms with Gasteiger partial charge in [0.25, 0.3) is 0 Å². The molecule has 2 rings (SSSR count). The number of nitrogens with two attached hydrogens (primary N) is 1. The first-order chi connectivity index (χ1) is 14.6. The number of halogens is 1. The molecule has 0 aliphatic heterocycles. The highest BCUT2D eigenvalue weighted by Crippen LogP contribution is 2.28. The molecule has 0 spiro atoms. The number of ether oxygens (including phenoxy) is 3. The Morgan fingerprint density at radius 2 is 1.71 bits per heavy atom. The maximum atomic E-state index is 6.15. The van der Waals surface area contributed by atoms with Gasteiger partial charge in [-0.1, -0.05) is 32.0 Å². The highest BCUT2D eigenvalue weighted by Gasteiger charge is 2.18. The van der Waals surface area contributed by atoms with Crippen molar-refractivity contribution in [3.05, 3.63) is 53.6 Å². The molecule has 0 aliphatic rings. The fourth-order valence-electron chi connectivity index (χ4n) is 3.38. The Morgan fingerprint density at radius 1 is 1.00 bits per heavy atom. The van der Waals surface area contributed by atoms with Gasteiger partial charge in [-0.05, 0) is 48.5 Å². The number of nitrogens with zero attached hydrogens (tertiary/aromatic N) is 2. The summed E-state index contributed by atoms with van der Waals surface area (Å²) in [6.45, 7) is 7.28. The number of guanidine groups is 1. The molecule has 3 N–H and O–H groups in total. The van der Waals surface area contributed by atoms with Gasteiger partial charge in [-0.3, -0.25) is 4.90 Å². The minimum atomic E-state index is 0. The van der Waals surface area contributed by atoms with E-state index < -0.39 is 0 Å². The third kappa shape index (κ3) is 7.77. The molecule has 0 saturated heterocycles. The number of rotatable bonds is 11. The number of nitrogens with one attached hydrogen (secondary N) is 1. The largest absolute Gasteiger partial charge is 0.497 e. The summed E-state index contributed by atoms with van der Waals surface area (Å²) < 4.78 is 16.0. The van der Waals surface area contributed by atoms with E-state index in [1.165, 1.54) is 5.56 Å². The first-order valence-electron chi connectivity index (χ1n) is 10.2. The molecular formula is C23H35IN4O3. The van der Waals surface area contributed by atoms with Crippen molar-refractivity contribution in [2.75, 3.05) is 41.0 Å². The van der Waals surface area contributed by atoms with Gasteiger partial charge >= 0.3 is 0 Å². The molecule has 0 bridgehead atoms. The monoisotopic (exact) mass is 542 g/mol. The Bertz CT molecular complexity index is 828. The molecule has 172 valence electrons. The maximum absolute atomic E-state index is 6.15. The Balaban J connectivity index is 0.00000480. The molecule has 0 saturated carbocycles. The van der Waals surface area contributed by atoms with Crippen LogP contribution in [-0.4, -0.2) is 51.8 Å². The van der Waals surface area contributed by atoms with Crippen molar-refractivity contribution in [1.82, 2.24) is 10.2 Å². The van der Waals surface area contributed by atoms with Crippen molar-refractivity contribution in [1.29, 1.82) is 0 Å². The van der Waals surface area contributed by atoms with E-state index in [4.69, 9.17) is 19.9 Å². The normalized spacial score (nSPS) is 12.1. The van der Waals surface area contributed by atoms with Crippen molar-refractivity contribution in [3.63, 3.8) is 0 Å². The van der Waals surface area contributed by atoms with Crippen LogP contribution in [0.2, 0.25) is 0 Å². The highest BCUT2D eigenvalue weighted by atomic mass is 127. The molecule has 1 atom stereocenters. The highest BCUT2D eigenvalue weighted by molar-refractivity contribution is 14.0. The second-order valence-electron chi connectivity index (χ2n) is 6.79. The summed E-state index contributed by atoms with van der Waals surface area (Å²) in [6.07, 6.45) is 0. The fraction of sp³-hybridized carbons (Fsp3) is 0.435. The van der Waals surface area contributed by atoms with Crippen LogP contribution in [0.5, 0.6) is 17.2 Å². The van der Waals surface area contributed by atoms with Gasteiger partial charge < -0.3 is 25.3 Å². The van der Waals surface area contributed by atoms with Crippen LogP contribution >= 0.6 is 24.0 Å². The Morgan fingerprint density at radius 3 is 2.32 bits per heavy atom. The fourth-order valence-corrected chi connectivity index (χ4v) is 3.38. The molecule has 0 fully saturated rings. The summed E-state index contributed by atoms with van der Waals surface area (Å²) in [5, 5.41) is 3.28. The number of likely N-dealkylation sites (N-methyl/N-ethyl adjacent to an activating group) is 1. The molecular weight excluding hydrogens is 507 g/mol. The average Bonchev–Trinajstić information content (AvgIpc) is 2.80. The third-order valence-electron chi connectivity index (χ3n) is 5.09. The molecule has 1 unspecified atom stereocenters. The predicted octanol–water partition coefficient (Wildman–Crippen LogP) is 3.82. The summed E-state index contributed by atoms with van der Waals surface area (Å²) in [5.74, 6) is 2.62. The van der Waals surface area contributed by atoms with Gasteiger partial charge in [-0.2, -0.15) is 0 Å². The Labute approximate surface area is 203 Å². The van der Waals surface area contributed by atoms with E-state index in [0.29, 0.717) is 30.5 Å². The summed E-state index contributed by atoms with van der Waals surface area (Å²) in [5.41, 5.74) is 8.32. The van der Waals surface area contributed by atoms with Gasteiger partial charge in [-0.25, -0.2) is 4.99 Å². The number of benzene rings is 2. The Hall–Kier alpha value is -2.20. The van der Waals surface area contributed by atoms with Crippen LogP contribution < -0.4 is 25.3 Å². The summed E-state index contributed by atoms with van der Waals surface area (Å²) in [7, 11) is 4.92. The van der Waals surface area contributed by atoms with Crippen LogP contribution in [0.25, 0.3) is 0 Å². The molecule has 0 radical (unpaired) electrons. The third-order valence-corrected chi connectivity index (χ3v) is 5.09. The zero-order chi connectivity index (χ0) is 21.9. The van der Waals surface area contributed by atoms with Crippen LogP contribution in [0.15, 0.2) is 47.5 Å². The number of aliphatic imine (C=N–C) groups is 1. The minimum Gasteiger partial charge on any atom is -0.497 e. The minimum absolute atomic E-state index is 0. The predicted molar refractivity (Wildman–Crippen MR) is 137 cm³/mol. The van der Waals surface area contributed by atoms with Crippen LogP contribution in [0, 0.1) is 0 Å². The van der Waals surface area contributed by atoms with Crippen LogP contribution in [0.3, 0.4) is 0 Å². The van der Waals surface area contributed by atoms with Crippen molar-refractivity contribution in [3.8, 4) is 17.2 Å². The van der Waals surface area contributed by atoms with Gasteiger partial charge in [0.2, 0.25) is 0 Å². The second kappa shape index (κ2) is 14.0. The van der Waals surface area contributed by atoms with Gasteiger partial charge in [0, 0.05) is 6.54 Å². The SMILES string of the molecule is CCN(CC)C(CNC(N)=NCc1ccc(OC)c(OC)c1)c1cccc(OC)c1.I. The van der Waals surface area contributed by atoms with E-state index in [0.717, 1.165) is 24.4 Å². The smallest absolute Gasteiger partial charge is 0.188 e. The maximum Gasteiger partial charge on any atom is 0.188 e. The standard InChI is InChI=1S/C23H34N4O3.HI/c1-6-27(7-2)20(18-9-8-10-19(14-18)28-3)16-26-23(24)25-15-17-11-12-21(29-4)22(13-17)30-5;/h8-14,20H,6-7,15-16H2,1-5H3,(H3,24,25,26);1H. The van der Waals surface area contributed by atoms with E-state index in [9.17, 15) is 0 Å². The van der Waals surface area contributed by atoms with E-state index in [1.807, 2.05) is 30.3 Å². The molecule has 8 heteroatoms. The quantitative estimate of drug-likeness (QED) is 0.255. The molecule has 2 aromatic rings. The number of hydrogen-bond acceptors (Lipinski definition) is 5. The van der Waals surface area contributed by atoms with Crippen LogP contribution in [0.4, 0.5) is 0 Å². The average molecular weight is 542 g/mol. The van der Waals surface area contributed by atoms with Gasteiger partial charge in [0.15, 0.2) is 17.5 Å². The molecule has 2 aromatic carbocycles. The zero-order valence-electron chi connectivity index (χ0n) is 19.1. The van der Waals surface area contributed by atoms with Gasteiger partial charge in [-0.15, -0.1) is 24.0 Å². The molecule has 31 heavy (non-hydrogen) atoms. The molecule has 7 nitrogen and oxygen atoms in total. The first-order valence-corrected chi connectivity index (χ1v) is 10.2. The zero-order valence-corrected chi connectivity index (χ0v) is 21.4. The van der Waals surface area contributed by atoms with Gasteiger partial charge in [0.05, 0.1) is 33.9 Å². The van der Waals surface area contributed by atoms with E-state index in [1.54, 1.807) is 21.3 Å². The molecule has 0 heterocycles. The lowest BCUT2D eigenvalue weighted by atomic mass is 10.0.